The Hall–Kier alpha value is -0.840. The first-order valence-corrected chi connectivity index (χ1v) is 6.71. The van der Waals surface area contributed by atoms with Gasteiger partial charge in [0.05, 0.1) is 11.8 Å². The van der Waals surface area contributed by atoms with Crippen LogP contribution in [0, 0.1) is 0 Å². The first kappa shape index (κ1) is 11.6. The summed E-state index contributed by atoms with van der Waals surface area (Å²) in [4.78, 5) is 25.9. The molecule has 2 rings (SSSR count). The number of rotatable bonds is 5. The quantitative estimate of drug-likeness (QED) is 0.745. The van der Waals surface area contributed by atoms with Gasteiger partial charge in [0.25, 0.3) is 0 Å². The van der Waals surface area contributed by atoms with E-state index in [-0.39, 0.29) is 17.9 Å². The largest absolute Gasteiger partial charge is 0.341 e. The Balaban J connectivity index is 1.76. The smallest absolute Gasteiger partial charge is 0.327 e. The average Bonchev–Trinajstić information content (AvgIpc) is 2.72. The van der Waals surface area contributed by atoms with Crippen LogP contribution in [0.3, 0.4) is 0 Å². The molecule has 0 saturated carbocycles. The van der Waals surface area contributed by atoms with Crippen molar-refractivity contribution in [1.82, 2.24) is 5.32 Å². The van der Waals surface area contributed by atoms with Gasteiger partial charge in [0.15, 0.2) is 0 Å². The third kappa shape index (κ3) is 2.64. The third-order valence-corrected chi connectivity index (χ3v) is 4.33. The lowest BCUT2D eigenvalue weighted by molar-refractivity contribution is -0.117. The zero-order chi connectivity index (χ0) is 11.5. The van der Waals surface area contributed by atoms with E-state index in [0.717, 1.165) is 30.7 Å². The van der Waals surface area contributed by atoms with E-state index < -0.39 is 0 Å². The number of fused-ring (bicyclic) bond motifs is 1. The molecule has 1 fully saturated rings. The maximum Gasteiger partial charge on any atom is 0.341 e. The maximum absolute atomic E-state index is 11.1. The molecule has 2 heterocycles. The summed E-state index contributed by atoms with van der Waals surface area (Å²) in [7, 11) is 0. The number of urea groups is 1. The second-order valence-corrected chi connectivity index (χ2v) is 5.54. The highest BCUT2D eigenvalue weighted by Gasteiger charge is 2.37. The molecule has 1 saturated heterocycles. The number of hydrogen-bond acceptors (Lipinski definition) is 3. The fraction of sp³-hybridized carbons (Fsp3) is 0.727. The third-order valence-electron chi connectivity index (χ3n) is 2.92. The van der Waals surface area contributed by atoms with Crippen LogP contribution in [0.1, 0.15) is 32.6 Å². The van der Waals surface area contributed by atoms with Gasteiger partial charge < -0.3 is 10.1 Å². The molecule has 0 bridgehead atoms. The minimum Gasteiger partial charge on any atom is -0.327 e. The molecule has 2 amide bonds. The zero-order valence-electron chi connectivity index (χ0n) is 9.36. The van der Waals surface area contributed by atoms with Gasteiger partial charge in [0, 0.05) is 17.4 Å². The Bertz CT molecular complexity index is 341. The predicted octanol–water partition coefficient (Wildman–Crippen LogP) is 1.78. The minimum absolute atomic E-state index is 0.176. The molecule has 0 aliphatic carbocycles. The lowest BCUT2D eigenvalue weighted by Gasteiger charge is -2.08. The van der Waals surface area contributed by atoms with Gasteiger partial charge in [-0.1, -0.05) is 6.42 Å². The van der Waals surface area contributed by atoms with Crippen molar-refractivity contribution in [3.05, 3.63) is 0 Å². The number of Topliss-reactive ketones (excluding diaryl/α,β-unsaturated/α-hetero) is 1. The van der Waals surface area contributed by atoms with Crippen LogP contribution in [0.2, 0.25) is 0 Å². The molecule has 1 unspecified atom stereocenters. The number of ketones is 1. The summed E-state index contributed by atoms with van der Waals surface area (Å²) in [6, 6.07) is -0.00987. The number of carbonyl (C=O) groups is 2. The van der Waals surface area contributed by atoms with Crippen molar-refractivity contribution in [3.8, 4) is 0 Å². The fourth-order valence-electron chi connectivity index (χ4n) is 2.11. The van der Waals surface area contributed by atoms with Crippen molar-refractivity contribution in [2.45, 2.75) is 43.9 Å². The van der Waals surface area contributed by atoms with Crippen LogP contribution in [0.15, 0.2) is 4.99 Å². The van der Waals surface area contributed by atoms with E-state index in [0.29, 0.717) is 11.7 Å². The first-order valence-electron chi connectivity index (χ1n) is 5.67. The van der Waals surface area contributed by atoms with E-state index in [1.165, 1.54) is 0 Å². The van der Waals surface area contributed by atoms with Crippen LogP contribution < -0.4 is 5.32 Å². The highest BCUT2D eigenvalue weighted by molar-refractivity contribution is 8.01. The molecule has 5 heteroatoms. The molecule has 2 aliphatic heterocycles. The van der Waals surface area contributed by atoms with Crippen molar-refractivity contribution in [2.75, 3.05) is 5.75 Å². The molecule has 0 radical (unpaired) electrons. The summed E-state index contributed by atoms with van der Waals surface area (Å²) in [5, 5.41) is 3.22. The molecule has 88 valence electrons. The first-order chi connectivity index (χ1) is 7.66. The van der Waals surface area contributed by atoms with Crippen LogP contribution in [-0.4, -0.2) is 34.6 Å². The monoisotopic (exact) mass is 240 g/mol. The standard InChI is InChI=1S/C11H16N2O2S/c1-7(14)4-2-3-5-9-10-8(6-16-9)12-11(15)13-10/h8-9H,2-6H2,1H3,(H,12,15)/t8?,9-/m0/s1. The predicted molar refractivity (Wildman–Crippen MR) is 65.1 cm³/mol. The number of thioether (sulfide) groups is 1. The molecule has 16 heavy (non-hydrogen) atoms. The normalized spacial score (nSPS) is 27.6. The van der Waals surface area contributed by atoms with Gasteiger partial charge in [-0.05, 0) is 19.8 Å². The lowest BCUT2D eigenvalue weighted by Crippen LogP contribution is -2.32. The molecular weight excluding hydrogens is 224 g/mol. The van der Waals surface area contributed by atoms with Gasteiger partial charge in [0.1, 0.15) is 5.78 Å². The molecular formula is C11H16N2O2S. The molecule has 1 N–H and O–H groups in total. The summed E-state index contributed by atoms with van der Waals surface area (Å²) >= 11 is 1.86. The molecule has 0 aromatic carbocycles. The van der Waals surface area contributed by atoms with Crippen molar-refractivity contribution in [3.63, 3.8) is 0 Å². The molecule has 0 aromatic heterocycles. The molecule has 2 aliphatic rings. The summed E-state index contributed by atoms with van der Waals surface area (Å²) in [5.41, 5.74) is 1.03. The van der Waals surface area contributed by atoms with E-state index in [4.69, 9.17) is 0 Å². The van der Waals surface area contributed by atoms with Gasteiger partial charge in [0.2, 0.25) is 0 Å². The Kier molecular flexibility index (Phi) is 3.63. The number of hydrogen-bond donors (Lipinski definition) is 1. The minimum atomic E-state index is -0.186. The number of unbranched alkanes of at least 4 members (excludes halogenated alkanes) is 1. The van der Waals surface area contributed by atoms with Crippen molar-refractivity contribution >= 4 is 29.3 Å². The number of carbonyl (C=O) groups excluding carboxylic acids is 2. The highest BCUT2D eigenvalue weighted by atomic mass is 32.2. The van der Waals surface area contributed by atoms with Gasteiger partial charge in [-0.3, -0.25) is 0 Å². The summed E-state index contributed by atoms with van der Waals surface area (Å²) in [6.07, 6.45) is 3.69. The number of amides is 2. The Morgan fingerprint density at radius 1 is 1.56 bits per heavy atom. The zero-order valence-corrected chi connectivity index (χ0v) is 10.2. The van der Waals surface area contributed by atoms with Crippen LogP contribution >= 0.6 is 11.8 Å². The van der Waals surface area contributed by atoms with E-state index >= 15 is 0 Å². The van der Waals surface area contributed by atoms with Gasteiger partial charge >= 0.3 is 6.03 Å². The number of nitrogens with one attached hydrogen (secondary N) is 1. The second-order valence-electron chi connectivity index (χ2n) is 4.31. The van der Waals surface area contributed by atoms with E-state index in [9.17, 15) is 9.59 Å². The fourth-order valence-corrected chi connectivity index (χ4v) is 3.51. The van der Waals surface area contributed by atoms with Crippen LogP contribution in [-0.2, 0) is 4.79 Å². The van der Waals surface area contributed by atoms with E-state index in [1.54, 1.807) is 6.92 Å². The van der Waals surface area contributed by atoms with Crippen molar-refractivity contribution < 1.29 is 9.59 Å². The molecule has 0 aromatic rings. The van der Waals surface area contributed by atoms with Gasteiger partial charge in [-0.15, -0.1) is 11.8 Å². The number of nitrogens with zero attached hydrogens (tertiary/aromatic N) is 1. The van der Waals surface area contributed by atoms with Crippen LogP contribution in [0.4, 0.5) is 4.79 Å². The number of aliphatic imine (C=N–C) groups is 1. The van der Waals surface area contributed by atoms with E-state index in [2.05, 4.69) is 10.3 Å². The lowest BCUT2D eigenvalue weighted by atomic mass is 10.0. The van der Waals surface area contributed by atoms with Crippen LogP contribution in [0.25, 0.3) is 0 Å². The maximum atomic E-state index is 11.1. The Labute approximate surface area is 99.3 Å². The molecule has 2 atom stereocenters. The van der Waals surface area contributed by atoms with Crippen molar-refractivity contribution in [2.24, 2.45) is 4.99 Å². The second kappa shape index (κ2) is 4.99. The molecule has 4 nitrogen and oxygen atoms in total. The summed E-state index contributed by atoms with van der Waals surface area (Å²) < 4.78 is 0. The Morgan fingerprint density at radius 3 is 3.12 bits per heavy atom. The average molecular weight is 240 g/mol. The SMILES string of the molecule is CC(=O)CCCC[C@@H]1SCC2NC(=O)N=C21. The van der Waals surface area contributed by atoms with Crippen LogP contribution in [0.5, 0.6) is 0 Å². The summed E-state index contributed by atoms with van der Waals surface area (Å²) in [6.45, 7) is 1.63. The van der Waals surface area contributed by atoms with Crippen molar-refractivity contribution in [1.29, 1.82) is 0 Å². The van der Waals surface area contributed by atoms with Gasteiger partial charge in [-0.2, -0.15) is 4.99 Å². The summed E-state index contributed by atoms with van der Waals surface area (Å²) in [5.74, 6) is 1.20. The van der Waals surface area contributed by atoms with E-state index in [1.807, 2.05) is 11.8 Å². The molecule has 0 spiro atoms. The topological polar surface area (TPSA) is 58.5 Å². The highest BCUT2D eigenvalue weighted by Crippen LogP contribution is 2.31. The van der Waals surface area contributed by atoms with Gasteiger partial charge in [-0.25, -0.2) is 4.79 Å². The Morgan fingerprint density at radius 2 is 2.38 bits per heavy atom.